The number of carbonyl (C=O) groups excluding carboxylic acids is 2. The van der Waals surface area contributed by atoms with Crippen molar-refractivity contribution in [1.29, 1.82) is 0 Å². The number of anilines is 1. The zero-order valence-corrected chi connectivity index (χ0v) is 12.9. The molecule has 8 heteroatoms. The number of Topliss-reactive ketones (excluding diaryl/α,β-unsaturated/α-hetero) is 1. The van der Waals surface area contributed by atoms with E-state index >= 15 is 0 Å². The van der Waals surface area contributed by atoms with E-state index in [1.165, 1.54) is 6.07 Å². The zero-order chi connectivity index (χ0) is 17.7. The Labute approximate surface area is 137 Å². The number of nitrogens with two attached hydrogens (primary N) is 1. The number of amides is 1. The van der Waals surface area contributed by atoms with Crippen molar-refractivity contribution < 1.29 is 22.8 Å². The van der Waals surface area contributed by atoms with E-state index in [1.54, 1.807) is 18.2 Å². The molecule has 130 valence electrons. The quantitative estimate of drug-likeness (QED) is 0.581. The van der Waals surface area contributed by atoms with Gasteiger partial charge in [-0.3, -0.25) is 15.0 Å². The number of nitrogens with one attached hydrogen (secondary N) is 2. The summed E-state index contributed by atoms with van der Waals surface area (Å²) in [6.07, 6.45) is -2.77. The van der Waals surface area contributed by atoms with Crippen LogP contribution in [0.15, 0.2) is 35.5 Å². The molecule has 1 aromatic carbocycles. The molecule has 0 spiro atoms. The number of hydrogen-bond donors (Lipinski definition) is 3. The lowest BCUT2D eigenvalue weighted by Crippen LogP contribution is -2.39. The third kappa shape index (κ3) is 4.27. The number of rotatable bonds is 4. The van der Waals surface area contributed by atoms with Gasteiger partial charge in [-0.15, -0.1) is 0 Å². The highest BCUT2D eigenvalue weighted by molar-refractivity contribution is 6.01. The SMILES string of the molecule is Nc1ccccc1C(=O)NNC1=C(C(=O)C(F)(F)F)CCCCC1. The molecule has 2 rings (SSSR count). The number of alkyl halides is 3. The lowest BCUT2D eigenvalue weighted by Gasteiger charge is -2.16. The topological polar surface area (TPSA) is 84.2 Å². The molecule has 24 heavy (non-hydrogen) atoms. The van der Waals surface area contributed by atoms with Crippen molar-refractivity contribution in [3.63, 3.8) is 0 Å². The van der Waals surface area contributed by atoms with Crippen molar-refractivity contribution in [2.75, 3.05) is 5.73 Å². The summed E-state index contributed by atoms with van der Waals surface area (Å²) in [5.41, 5.74) is 10.7. The van der Waals surface area contributed by atoms with E-state index in [-0.39, 0.29) is 35.4 Å². The second-order valence-electron chi connectivity index (χ2n) is 5.51. The van der Waals surface area contributed by atoms with Crippen molar-refractivity contribution in [3.8, 4) is 0 Å². The Morgan fingerprint density at radius 2 is 1.71 bits per heavy atom. The van der Waals surface area contributed by atoms with Gasteiger partial charge in [0.2, 0.25) is 0 Å². The summed E-state index contributed by atoms with van der Waals surface area (Å²) < 4.78 is 38.2. The third-order valence-corrected chi connectivity index (χ3v) is 3.78. The van der Waals surface area contributed by atoms with E-state index < -0.39 is 17.9 Å². The first-order valence-electron chi connectivity index (χ1n) is 7.55. The largest absolute Gasteiger partial charge is 0.454 e. The van der Waals surface area contributed by atoms with Crippen LogP contribution in [0.1, 0.15) is 42.5 Å². The molecule has 0 saturated heterocycles. The number of halogens is 3. The highest BCUT2D eigenvalue weighted by Crippen LogP contribution is 2.29. The first-order valence-corrected chi connectivity index (χ1v) is 7.55. The molecule has 0 bridgehead atoms. The van der Waals surface area contributed by atoms with Gasteiger partial charge in [-0.1, -0.05) is 18.6 Å². The minimum atomic E-state index is -4.93. The average Bonchev–Trinajstić information content (AvgIpc) is 2.76. The average molecular weight is 341 g/mol. The number of carbonyl (C=O) groups is 2. The Kier molecular flexibility index (Phi) is 5.48. The van der Waals surface area contributed by atoms with Gasteiger partial charge in [-0.2, -0.15) is 13.2 Å². The maximum atomic E-state index is 12.7. The predicted molar refractivity (Wildman–Crippen MR) is 82.6 cm³/mol. The molecule has 1 aliphatic rings. The number of nitrogen functional groups attached to an aromatic ring is 1. The molecule has 0 aliphatic heterocycles. The molecular formula is C16H18F3N3O2. The van der Waals surface area contributed by atoms with Crippen LogP contribution >= 0.6 is 0 Å². The number of hydrazine groups is 1. The lowest BCUT2D eigenvalue weighted by molar-refractivity contribution is -0.166. The molecule has 1 aromatic rings. The highest BCUT2D eigenvalue weighted by atomic mass is 19.4. The maximum Gasteiger partial charge on any atom is 0.454 e. The van der Waals surface area contributed by atoms with Crippen LogP contribution in [-0.2, 0) is 4.79 Å². The van der Waals surface area contributed by atoms with Gasteiger partial charge in [-0.05, 0) is 37.8 Å². The van der Waals surface area contributed by atoms with E-state index in [0.29, 0.717) is 12.8 Å². The molecule has 0 saturated carbocycles. The van der Waals surface area contributed by atoms with Gasteiger partial charge in [0.1, 0.15) is 0 Å². The van der Waals surface area contributed by atoms with Crippen LogP contribution in [0.4, 0.5) is 18.9 Å². The summed E-state index contributed by atoms with van der Waals surface area (Å²) in [4.78, 5) is 23.7. The molecule has 0 aromatic heterocycles. The van der Waals surface area contributed by atoms with E-state index in [9.17, 15) is 22.8 Å². The fourth-order valence-electron chi connectivity index (χ4n) is 2.55. The maximum absolute atomic E-state index is 12.7. The molecule has 1 amide bonds. The summed E-state index contributed by atoms with van der Waals surface area (Å²) in [5, 5.41) is 0. The van der Waals surface area contributed by atoms with Crippen LogP contribution in [0.3, 0.4) is 0 Å². The normalized spacial score (nSPS) is 15.6. The Morgan fingerprint density at radius 1 is 1.04 bits per heavy atom. The molecule has 0 fully saturated rings. The van der Waals surface area contributed by atoms with Crippen LogP contribution in [0, 0.1) is 0 Å². The minimum Gasteiger partial charge on any atom is -0.398 e. The number of para-hydroxylation sites is 1. The van der Waals surface area contributed by atoms with Crippen LogP contribution in [0.5, 0.6) is 0 Å². The van der Waals surface area contributed by atoms with Crippen molar-refractivity contribution in [3.05, 3.63) is 41.1 Å². The van der Waals surface area contributed by atoms with Gasteiger partial charge in [0.15, 0.2) is 0 Å². The number of hydrogen-bond acceptors (Lipinski definition) is 4. The standard InChI is InChI=1S/C16H18F3N3O2/c17-16(18,19)14(23)11-7-2-1-3-9-13(11)21-22-15(24)10-6-4-5-8-12(10)20/h4-6,8,21H,1-3,7,9,20H2,(H,22,24). The number of allylic oxidation sites excluding steroid dienone is 2. The molecule has 0 unspecified atom stereocenters. The Hall–Kier alpha value is -2.51. The van der Waals surface area contributed by atoms with Crippen molar-refractivity contribution in [2.45, 2.75) is 38.3 Å². The number of benzene rings is 1. The molecule has 4 N–H and O–H groups in total. The van der Waals surface area contributed by atoms with Crippen LogP contribution in [0.2, 0.25) is 0 Å². The van der Waals surface area contributed by atoms with Crippen molar-refractivity contribution >= 4 is 17.4 Å². The van der Waals surface area contributed by atoms with Crippen LogP contribution < -0.4 is 16.6 Å². The summed E-state index contributed by atoms with van der Waals surface area (Å²) in [7, 11) is 0. The van der Waals surface area contributed by atoms with Gasteiger partial charge in [0.05, 0.1) is 5.56 Å². The molecule has 5 nitrogen and oxygen atoms in total. The molecular weight excluding hydrogens is 323 g/mol. The van der Waals surface area contributed by atoms with E-state index in [0.717, 1.165) is 6.42 Å². The third-order valence-electron chi connectivity index (χ3n) is 3.78. The Bertz CT molecular complexity index is 669. The fourth-order valence-corrected chi connectivity index (χ4v) is 2.55. The summed E-state index contributed by atoms with van der Waals surface area (Å²) in [5.74, 6) is -2.44. The van der Waals surface area contributed by atoms with Crippen LogP contribution in [-0.4, -0.2) is 17.9 Å². The monoisotopic (exact) mass is 341 g/mol. The van der Waals surface area contributed by atoms with E-state index in [4.69, 9.17) is 5.73 Å². The summed E-state index contributed by atoms with van der Waals surface area (Å²) in [6.45, 7) is 0. The summed E-state index contributed by atoms with van der Waals surface area (Å²) in [6, 6.07) is 6.32. The second-order valence-corrected chi connectivity index (χ2v) is 5.51. The van der Waals surface area contributed by atoms with Gasteiger partial charge in [0, 0.05) is 17.0 Å². The summed E-state index contributed by atoms with van der Waals surface area (Å²) >= 11 is 0. The van der Waals surface area contributed by atoms with Crippen molar-refractivity contribution in [2.24, 2.45) is 0 Å². The van der Waals surface area contributed by atoms with Gasteiger partial charge < -0.3 is 11.2 Å². The Morgan fingerprint density at radius 3 is 2.38 bits per heavy atom. The first kappa shape index (κ1) is 17.8. The Balaban J connectivity index is 2.17. The van der Waals surface area contributed by atoms with Gasteiger partial charge >= 0.3 is 6.18 Å². The smallest absolute Gasteiger partial charge is 0.398 e. The minimum absolute atomic E-state index is 0.0318. The zero-order valence-electron chi connectivity index (χ0n) is 12.9. The molecule has 0 heterocycles. The van der Waals surface area contributed by atoms with Crippen molar-refractivity contribution in [1.82, 2.24) is 10.9 Å². The van der Waals surface area contributed by atoms with E-state index in [1.807, 2.05) is 0 Å². The lowest BCUT2D eigenvalue weighted by atomic mass is 10.0. The van der Waals surface area contributed by atoms with Crippen LogP contribution in [0.25, 0.3) is 0 Å². The van der Waals surface area contributed by atoms with Gasteiger partial charge in [-0.25, -0.2) is 0 Å². The molecule has 0 radical (unpaired) electrons. The highest BCUT2D eigenvalue weighted by Gasteiger charge is 2.41. The molecule has 1 aliphatic carbocycles. The predicted octanol–water partition coefficient (Wildman–Crippen LogP) is 2.85. The number of ketones is 1. The first-order chi connectivity index (χ1) is 11.3. The molecule has 0 atom stereocenters. The van der Waals surface area contributed by atoms with E-state index in [2.05, 4.69) is 10.9 Å². The fraction of sp³-hybridized carbons (Fsp3) is 0.375. The second kappa shape index (κ2) is 7.37. The van der Waals surface area contributed by atoms with Gasteiger partial charge in [0.25, 0.3) is 11.7 Å².